The molecule has 0 bridgehead atoms. The molecule has 2 nitrogen and oxygen atoms in total. The molecule has 3 heteroatoms. The molecular formula is C13H24O2Si. The molecule has 0 aromatic rings. The van der Waals surface area contributed by atoms with E-state index in [1.54, 1.807) is 0 Å². The molecule has 1 aliphatic rings. The molecule has 2 atom stereocenters. The molecule has 92 valence electrons. The van der Waals surface area contributed by atoms with Crippen molar-refractivity contribution >= 4 is 8.07 Å². The van der Waals surface area contributed by atoms with Gasteiger partial charge in [-0.1, -0.05) is 23.9 Å². The van der Waals surface area contributed by atoms with E-state index in [0.29, 0.717) is 0 Å². The minimum Gasteiger partial charge on any atom is -0.378 e. The predicted octanol–water partition coefficient (Wildman–Crippen LogP) is 3.03. The maximum absolute atomic E-state index is 6.02. The summed E-state index contributed by atoms with van der Waals surface area (Å²) in [6.45, 7) is 18.6. The van der Waals surface area contributed by atoms with Crippen LogP contribution in [0.25, 0.3) is 0 Å². The highest BCUT2D eigenvalue weighted by Gasteiger charge is 2.48. The van der Waals surface area contributed by atoms with Gasteiger partial charge in [0.1, 0.15) is 14.2 Å². The van der Waals surface area contributed by atoms with Crippen molar-refractivity contribution in [3.05, 3.63) is 23.6 Å². The van der Waals surface area contributed by atoms with Crippen molar-refractivity contribution in [3.63, 3.8) is 0 Å². The maximum Gasteiger partial charge on any atom is 0.139 e. The van der Waals surface area contributed by atoms with Gasteiger partial charge in [-0.15, -0.1) is 13.2 Å². The molecular weight excluding hydrogens is 216 g/mol. The van der Waals surface area contributed by atoms with Gasteiger partial charge in [0.2, 0.25) is 0 Å². The van der Waals surface area contributed by atoms with Crippen LogP contribution in [-0.2, 0) is 9.47 Å². The molecule has 0 spiro atoms. The smallest absolute Gasteiger partial charge is 0.139 e. The lowest BCUT2D eigenvalue weighted by Crippen LogP contribution is -2.52. The van der Waals surface area contributed by atoms with E-state index in [0.717, 1.165) is 19.6 Å². The highest BCUT2D eigenvalue weighted by molar-refractivity contribution is 6.92. The number of epoxide rings is 1. The van der Waals surface area contributed by atoms with Gasteiger partial charge in [0.25, 0.3) is 0 Å². The van der Waals surface area contributed by atoms with Gasteiger partial charge in [-0.25, -0.2) is 0 Å². The van der Waals surface area contributed by atoms with E-state index < -0.39 is 8.07 Å². The van der Waals surface area contributed by atoms with Gasteiger partial charge in [0.15, 0.2) is 0 Å². The molecule has 1 fully saturated rings. The van der Waals surface area contributed by atoms with Crippen molar-refractivity contribution in [2.45, 2.75) is 45.6 Å². The van der Waals surface area contributed by atoms with E-state index in [1.165, 1.54) is 10.4 Å². The van der Waals surface area contributed by atoms with Crippen LogP contribution in [0, 0.1) is 0 Å². The first-order valence-corrected chi connectivity index (χ1v) is 8.57. The molecule has 0 radical (unpaired) electrons. The fourth-order valence-corrected chi connectivity index (χ4v) is 5.06. The molecule has 0 aromatic carbocycles. The monoisotopic (exact) mass is 240 g/mol. The van der Waals surface area contributed by atoms with E-state index >= 15 is 0 Å². The van der Waals surface area contributed by atoms with Crippen molar-refractivity contribution in [2.75, 3.05) is 13.2 Å². The lowest BCUT2D eigenvalue weighted by Gasteiger charge is -2.36. The summed E-state index contributed by atoms with van der Waals surface area (Å²) in [6.07, 6.45) is 1.32. The van der Waals surface area contributed by atoms with E-state index in [4.69, 9.17) is 9.47 Å². The SMILES string of the molecule is C=C(C)[Si](C)(C(=C)C)C(OCCC)C1CO1. The number of rotatable bonds is 7. The molecule has 0 amide bonds. The fourth-order valence-electron chi connectivity index (χ4n) is 1.97. The molecule has 1 heterocycles. The Labute approximate surface area is 100 Å². The van der Waals surface area contributed by atoms with Gasteiger partial charge in [-0.05, 0) is 20.3 Å². The minimum atomic E-state index is -1.81. The van der Waals surface area contributed by atoms with E-state index in [2.05, 4.69) is 40.5 Å². The van der Waals surface area contributed by atoms with Gasteiger partial charge in [-0.2, -0.15) is 0 Å². The lowest BCUT2D eigenvalue weighted by atomic mass is 10.5. The van der Waals surface area contributed by atoms with Crippen LogP contribution in [-0.4, -0.2) is 33.1 Å². The molecule has 1 saturated heterocycles. The third kappa shape index (κ3) is 2.65. The summed E-state index contributed by atoms with van der Waals surface area (Å²) < 4.78 is 11.5. The van der Waals surface area contributed by atoms with E-state index in [1.807, 2.05) is 0 Å². The summed E-state index contributed by atoms with van der Waals surface area (Å²) in [7, 11) is -1.81. The van der Waals surface area contributed by atoms with Crippen LogP contribution >= 0.6 is 0 Å². The van der Waals surface area contributed by atoms with Crippen LogP contribution in [0.1, 0.15) is 27.2 Å². The van der Waals surface area contributed by atoms with Crippen molar-refractivity contribution in [3.8, 4) is 0 Å². The Kier molecular flexibility index (Phi) is 4.53. The molecule has 0 N–H and O–H groups in total. The van der Waals surface area contributed by atoms with Gasteiger partial charge in [0.05, 0.1) is 12.3 Å². The van der Waals surface area contributed by atoms with Gasteiger partial charge in [0, 0.05) is 6.61 Å². The zero-order valence-electron chi connectivity index (χ0n) is 11.0. The van der Waals surface area contributed by atoms with Gasteiger partial charge >= 0.3 is 0 Å². The quantitative estimate of drug-likeness (QED) is 0.504. The summed E-state index contributed by atoms with van der Waals surface area (Å²) in [5.74, 6) is 0. The molecule has 1 aliphatic heterocycles. The largest absolute Gasteiger partial charge is 0.378 e. The first-order valence-electron chi connectivity index (χ1n) is 5.99. The predicted molar refractivity (Wildman–Crippen MR) is 71.0 cm³/mol. The Morgan fingerprint density at radius 1 is 1.44 bits per heavy atom. The van der Waals surface area contributed by atoms with Crippen molar-refractivity contribution in [2.24, 2.45) is 0 Å². The Hall–Kier alpha value is -0.383. The number of hydrogen-bond acceptors (Lipinski definition) is 2. The Morgan fingerprint density at radius 2 is 1.94 bits per heavy atom. The van der Waals surface area contributed by atoms with Crippen LogP contribution in [0.3, 0.4) is 0 Å². The second kappa shape index (κ2) is 5.30. The van der Waals surface area contributed by atoms with Crippen LogP contribution in [0.15, 0.2) is 23.6 Å². The minimum absolute atomic E-state index is 0.197. The summed E-state index contributed by atoms with van der Waals surface area (Å²) in [5.41, 5.74) is 0.197. The van der Waals surface area contributed by atoms with E-state index in [-0.39, 0.29) is 11.8 Å². The number of ether oxygens (including phenoxy) is 2. The zero-order chi connectivity index (χ0) is 12.3. The summed E-state index contributed by atoms with van der Waals surface area (Å²) >= 11 is 0. The number of hydrogen-bond donors (Lipinski definition) is 0. The first-order chi connectivity index (χ1) is 7.44. The number of allylic oxidation sites excluding steroid dienone is 2. The van der Waals surface area contributed by atoms with Gasteiger partial charge < -0.3 is 9.47 Å². The standard InChI is InChI=1S/C13H24O2Si/c1-7-8-14-13(12-9-15-12)16(6,10(2)3)11(4)5/h12-13H,2,4,7-9H2,1,3,5-6H3. The highest BCUT2D eigenvalue weighted by Crippen LogP contribution is 2.33. The second-order valence-corrected chi connectivity index (χ2v) is 9.61. The third-order valence-corrected chi connectivity index (χ3v) is 8.76. The summed E-state index contributed by atoms with van der Waals surface area (Å²) in [4.78, 5) is 0. The second-order valence-electron chi connectivity index (χ2n) is 4.93. The summed E-state index contributed by atoms with van der Waals surface area (Å²) in [5, 5.41) is 2.47. The van der Waals surface area contributed by atoms with Crippen LogP contribution in [0.5, 0.6) is 0 Å². The molecule has 0 saturated carbocycles. The Balaban J connectivity index is 2.87. The van der Waals surface area contributed by atoms with Crippen molar-refractivity contribution < 1.29 is 9.47 Å². The molecule has 16 heavy (non-hydrogen) atoms. The van der Waals surface area contributed by atoms with Crippen molar-refractivity contribution in [1.82, 2.24) is 0 Å². The average Bonchev–Trinajstić information content (AvgIpc) is 3.01. The first kappa shape index (κ1) is 13.7. The molecule has 0 aliphatic carbocycles. The van der Waals surface area contributed by atoms with E-state index in [9.17, 15) is 0 Å². The topological polar surface area (TPSA) is 21.8 Å². The normalized spacial score (nSPS) is 21.6. The third-order valence-electron chi connectivity index (χ3n) is 3.54. The van der Waals surface area contributed by atoms with Crippen LogP contribution in [0.4, 0.5) is 0 Å². The summed E-state index contributed by atoms with van der Waals surface area (Å²) in [6, 6.07) is 0. The molecule has 1 rings (SSSR count). The van der Waals surface area contributed by atoms with Gasteiger partial charge in [-0.3, -0.25) is 0 Å². The van der Waals surface area contributed by atoms with Crippen LogP contribution < -0.4 is 0 Å². The molecule has 2 unspecified atom stereocenters. The average molecular weight is 240 g/mol. The lowest BCUT2D eigenvalue weighted by molar-refractivity contribution is 0.0800. The zero-order valence-corrected chi connectivity index (χ0v) is 12.0. The fraction of sp³-hybridized carbons (Fsp3) is 0.692. The highest BCUT2D eigenvalue weighted by atomic mass is 28.3. The molecule has 0 aromatic heterocycles. The Bertz CT molecular complexity index is 268. The van der Waals surface area contributed by atoms with Crippen molar-refractivity contribution in [1.29, 1.82) is 0 Å². The maximum atomic E-state index is 6.02. The Morgan fingerprint density at radius 3 is 2.25 bits per heavy atom. The van der Waals surface area contributed by atoms with Crippen LogP contribution in [0.2, 0.25) is 6.55 Å².